The highest BCUT2D eigenvalue weighted by Gasteiger charge is 2.18. The molecule has 1 rings (SSSR count). The van der Waals surface area contributed by atoms with E-state index in [4.69, 9.17) is 12.6 Å². The lowest BCUT2D eigenvalue weighted by Gasteiger charge is -2.22. The van der Waals surface area contributed by atoms with Gasteiger partial charge in [0.05, 0.1) is 6.04 Å². The molecule has 0 spiro atoms. The fourth-order valence-electron chi connectivity index (χ4n) is 1.35. The van der Waals surface area contributed by atoms with Gasteiger partial charge in [-0.1, -0.05) is 29.7 Å². The Morgan fingerprint density at radius 1 is 1.29 bits per heavy atom. The van der Waals surface area contributed by atoms with Gasteiger partial charge in [0.15, 0.2) is 0 Å². The first kappa shape index (κ1) is 13.6. The van der Waals surface area contributed by atoms with Crippen LogP contribution in [0.3, 0.4) is 0 Å². The van der Waals surface area contributed by atoms with Gasteiger partial charge in [-0.3, -0.25) is 0 Å². The summed E-state index contributed by atoms with van der Waals surface area (Å²) in [6.07, 6.45) is -0.415. The molecule has 1 aromatic rings. The molecule has 2 radical (unpaired) electrons. The molecule has 0 saturated carbocycles. The number of ether oxygens (including phenoxy) is 1. The SMILES string of the molecule is [B]c1ccc(C(C)NC(=O)OC(C)(C)C)cc1. The quantitative estimate of drug-likeness (QED) is 0.791. The Balaban J connectivity index is 2.57. The average Bonchev–Trinajstić information content (AvgIpc) is 2.15. The van der Waals surface area contributed by atoms with Crippen molar-refractivity contribution < 1.29 is 9.53 Å². The number of amides is 1. The van der Waals surface area contributed by atoms with E-state index in [0.29, 0.717) is 5.46 Å². The van der Waals surface area contributed by atoms with E-state index in [0.717, 1.165) is 5.56 Å². The number of alkyl carbamates (subject to hydrolysis) is 1. The van der Waals surface area contributed by atoms with Crippen LogP contribution in [0.2, 0.25) is 0 Å². The second-order valence-corrected chi connectivity index (χ2v) is 5.03. The summed E-state index contributed by atoms with van der Waals surface area (Å²) in [5.41, 5.74) is 1.22. The fourth-order valence-corrected chi connectivity index (χ4v) is 1.35. The molecule has 1 amide bonds. The zero-order valence-electron chi connectivity index (χ0n) is 10.8. The van der Waals surface area contributed by atoms with Gasteiger partial charge >= 0.3 is 6.09 Å². The molecule has 1 unspecified atom stereocenters. The third kappa shape index (κ3) is 4.94. The molecule has 1 atom stereocenters. The van der Waals surface area contributed by atoms with E-state index in [2.05, 4.69) is 5.32 Å². The molecule has 0 aromatic heterocycles. The van der Waals surface area contributed by atoms with Crippen molar-refractivity contribution in [1.29, 1.82) is 0 Å². The average molecular weight is 231 g/mol. The van der Waals surface area contributed by atoms with Crippen molar-refractivity contribution in [2.24, 2.45) is 0 Å². The number of carbonyl (C=O) groups excluding carboxylic acids is 1. The first-order valence-electron chi connectivity index (χ1n) is 5.63. The highest BCUT2D eigenvalue weighted by atomic mass is 16.6. The molecule has 0 heterocycles. The Morgan fingerprint density at radius 3 is 2.29 bits per heavy atom. The zero-order chi connectivity index (χ0) is 13.1. The summed E-state index contributed by atoms with van der Waals surface area (Å²) in [6.45, 7) is 7.40. The van der Waals surface area contributed by atoms with E-state index < -0.39 is 11.7 Å². The highest BCUT2D eigenvalue weighted by Crippen LogP contribution is 2.12. The Morgan fingerprint density at radius 2 is 1.82 bits per heavy atom. The lowest BCUT2D eigenvalue weighted by molar-refractivity contribution is 0.0508. The summed E-state index contributed by atoms with van der Waals surface area (Å²) in [5, 5.41) is 2.77. The number of hydrogen-bond acceptors (Lipinski definition) is 2. The molecule has 90 valence electrons. The van der Waals surface area contributed by atoms with E-state index in [1.807, 2.05) is 52.0 Å². The van der Waals surface area contributed by atoms with Gasteiger partial charge < -0.3 is 10.1 Å². The fraction of sp³-hybridized carbons (Fsp3) is 0.462. The van der Waals surface area contributed by atoms with Crippen molar-refractivity contribution in [3.05, 3.63) is 29.8 Å². The Hall–Kier alpha value is -1.45. The van der Waals surface area contributed by atoms with E-state index in [1.165, 1.54) is 0 Å². The van der Waals surface area contributed by atoms with Gasteiger partial charge in [0.25, 0.3) is 0 Å². The lowest BCUT2D eigenvalue weighted by atomic mass is 9.94. The van der Waals surface area contributed by atoms with Crippen molar-refractivity contribution in [2.75, 3.05) is 0 Å². The van der Waals surface area contributed by atoms with Crippen LogP contribution in [0.5, 0.6) is 0 Å². The number of hydrogen-bond donors (Lipinski definition) is 1. The van der Waals surface area contributed by atoms with Gasteiger partial charge in [-0.05, 0) is 33.3 Å². The van der Waals surface area contributed by atoms with Crippen molar-refractivity contribution in [2.45, 2.75) is 39.3 Å². The molecule has 0 aliphatic carbocycles. The molecule has 4 heteroatoms. The summed E-state index contributed by atoms with van der Waals surface area (Å²) in [6, 6.07) is 7.28. The lowest BCUT2D eigenvalue weighted by Crippen LogP contribution is -2.34. The van der Waals surface area contributed by atoms with Crippen LogP contribution in [0.15, 0.2) is 24.3 Å². The van der Waals surface area contributed by atoms with Crippen LogP contribution in [-0.2, 0) is 4.74 Å². The largest absolute Gasteiger partial charge is 0.444 e. The minimum Gasteiger partial charge on any atom is -0.444 e. The standard InChI is InChI=1S/C13H18BNO2/c1-9(10-5-7-11(14)8-6-10)15-12(16)17-13(2,3)4/h5-9H,1-4H3,(H,15,16). The van der Waals surface area contributed by atoms with Crippen LogP contribution in [0.25, 0.3) is 0 Å². The predicted octanol–water partition coefficient (Wildman–Crippen LogP) is 2.07. The van der Waals surface area contributed by atoms with Crippen molar-refractivity contribution in [3.63, 3.8) is 0 Å². The maximum absolute atomic E-state index is 11.6. The predicted molar refractivity (Wildman–Crippen MR) is 69.6 cm³/mol. The maximum atomic E-state index is 11.6. The van der Waals surface area contributed by atoms with Crippen LogP contribution in [0.1, 0.15) is 39.3 Å². The summed E-state index contributed by atoms with van der Waals surface area (Å²) < 4.78 is 5.18. The Labute approximate surface area is 104 Å². The van der Waals surface area contributed by atoms with Crippen LogP contribution in [-0.4, -0.2) is 19.5 Å². The van der Waals surface area contributed by atoms with Gasteiger partial charge in [0.1, 0.15) is 13.4 Å². The van der Waals surface area contributed by atoms with Crippen molar-refractivity contribution in [3.8, 4) is 0 Å². The van der Waals surface area contributed by atoms with Crippen LogP contribution in [0, 0.1) is 0 Å². The molecular formula is C13H18BNO2. The van der Waals surface area contributed by atoms with Gasteiger partial charge in [-0.15, -0.1) is 0 Å². The van der Waals surface area contributed by atoms with E-state index in [1.54, 1.807) is 0 Å². The molecule has 0 fully saturated rings. The molecule has 0 aliphatic heterocycles. The van der Waals surface area contributed by atoms with Crippen LogP contribution >= 0.6 is 0 Å². The smallest absolute Gasteiger partial charge is 0.408 e. The number of nitrogens with one attached hydrogen (secondary N) is 1. The first-order chi connectivity index (χ1) is 7.78. The van der Waals surface area contributed by atoms with Crippen LogP contribution in [0.4, 0.5) is 4.79 Å². The summed E-state index contributed by atoms with van der Waals surface area (Å²) in [5.74, 6) is 0. The summed E-state index contributed by atoms with van der Waals surface area (Å²) in [7, 11) is 5.60. The van der Waals surface area contributed by atoms with Gasteiger partial charge in [-0.2, -0.15) is 0 Å². The van der Waals surface area contributed by atoms with Gasteiger partial charge in [0, 0.05) is 0 Å². The molecule has 1 aromatic carbocycles. The molecule has 1 N–H and O–H groups in total. The monoisotopic (exact) mass is 231 g/mol. The second kappa shape index (κ2) is 5.26. The van der Waals surface area contributed by atoms with E-state index in [-0.39, 0.29) is 6.04 Å². The van der Waals surface area contributed by atoms with E-state index in [9.17, 15) is 4.79 Å². The van der Waals surface area contributed by atoms with Crippen molar-refractivity contribution in [1.82, 2.24) is 5.32 Å². The molecule has 17 heavy (non-hydrogen) atoms. The minimum atomic E-state index is -0.481. The molecule has 0 aliphatic rings. The highest BCUT2D eigenvalue weighted by molar-refractivity contribution is 6.32. The normalized spacial score (nSPS) is 12.9. The van der Waals surface area contributed by atoms with Crippen LogP contribution < -0.4 is 10.8 Å². The maximum Gasteiger partial charge on any atom is 0.408 e. The third-order valence-corrected chi connectivity index (χ3v) is 2.17. The molecular weight excluding hydrogens is 213 g/mol. The Kier molecular flexibility index (Phi) is 4.21. The summed E-state index contributed by atoms with van der Waals surface area (Å²) in [4.78, 5) is 11.6. The Bertz CT molecular complexity index is 381. The number of rotatable bonds is 2. The number of benzene rings is 1. The number of carbonyl (C=O) groups is 1. The van der Waals surface area contributed by atoms with Gasteiger partial charge in [0.2, 0.25) is 0 Å². The first-order valence-corrected chi connectivity index (χ1v) is 5.63. The summed E-state index contributed by atoms with van der Waals surface area (Å²) >= 11 is 0. The third-order valence-electron chi connectivity index (χ3n) is 2.17. The van der Waals surface area contributed by atoms with E-state index >= 15 is 0 Å². The molecule has 0 bridgehead atoms. The second-order valence-electron chi connectivity index (χ2n) is 5.03. The molecule has 3 nitrogen and oxygen atoms in total. The topological polar surface area (TPSA) is 38.3 Å². The van der Waals surface area contributed by atoms with Gasteiger partial charge in [-0.25, -0.2) is 4.79 Å². The van der Waals surface area contributed by atoms with Crippen molar-refractivity contribution >= 4 is 19.4 Å². The zero-order valence-corrected chi connectivity index (χ0v) is 10.8. The molecule has 0 saturated heterocycles. The minimum absolute atomic E-state index is 0.106.